The Hall–Kier alpha value is -1.72. The van der Waals surface area contributed by atoms with E-state index < -0.39 is 0 Å². The fraction of sp³-hybridized carbons (Fsp3) is 0.214. The Morgan fingerprint density at radius 2 is 2.10 bits per heavy atom. The molecule has 0 fully saturated rings. The molecule has 2 heterocycles. The van der Waals surface area contributed by atoms with Gasteiger partial charge >= 0.3 is 0 Å². The van der Waals surface area contributed by atoms with Crippen molar-refractivity contribution in [2.45, 2.75) is 19.8 Å². The standard InChI is InChI=1S/C14H12ClN3OS/c1-8(2)12-9(7-19)13(15)18(17-12)14-16-10-5-3-4-6-11(10)20-14/h3-8H,1-2H3. The number of benzene rings is 1. The first kappa shape index (κ1) is 13.3. The number of hydrogen-bond acceptors (Lipinski definition) is 4. The molecule has 2 aromatic heterocycles. The van der Waals surface area contributed by atoms with Crippen molar-refractivity contribution in [3.63, 3.8) is 0 Å². The Morgan fingerprint density at radius 3 is 2.70 bits per heavy atom. The van der Waals surface area contributed by atoms with Crippen LogP contribution >= 0.6 is 22.9 Å². The highest BCUT2D eigenvalue weighted by Crippen LogP contribution is 2.30. The number of carbonyl (C=O) groups is 1. The summed E-state index contributed by atoms with van der Waals surface area (Å²) in [6.07, 6.45) is 0.758. The summed E-state index contributed by atoms with van der Waals surface area (Å²) in [5.74, 6) is 0.128. The number of aromatic nitrogens is 3. The first-order valence-corrected chi connectivity index (χ1v) is 7.40. The fourth-order valence-corrected chi connectivity index (χ4v) is 3.27. The molecule has 0 unspecified atom stereocenters. The number of aldehydes is 1. The number of carbonyl (C=O) groups excluding carboxylic acids is 1. The van der Waals surface area contributed by atoms with Crippen LogP contribution in [0.15, 0.2) is 24.3 Å². The Labute approximate surface area is 125 Å². The highest BCUT2D eigenvalue weighted by atomic mass is 35.5. The lowest BCUT2D eigenvalue weighted by atomic mass is 10.1. The molecule has 3 aromatic rings. The Kier molecular flexibility index (Phi) is 3.31. The zero-order chi connectivity index (χ0) is 14.3. The molecule has 3 rings (SSSR count). The van der Waals surface area contributed by atoms with Crippen molar-refractivity contribution in [3.8, 4) is 5.13 Å². The van der Waals surface area contributed by atoms with Gasteiger partial charge in [-0.2, -0.15) is 9.78 Å². The Balaban J connectivity index is 2.21. The summed E-state index contributed by atoms with van der Waals surface area (Å²) >= 11 is 7.77. The number of thiazole rings is 1. The van der Waals surface area contributed by atoms with E-state index in [1.54, 1.807) is 4.68 Å². The summed E-state index contributed by atoms with van der Waals surface area (Å²) in [4.78, 5) is 15.7. The first-order chi connectivity index (χ1) is 9.61. The second-order valence-corrected chi connectivity index (χ2v) is 6.11. The van der Waals surface area contributed by atoms with E-state index in [9.17, 15) is 4.79 Å². The van der Waals surface area contributed by atoms with Gasteiger partial charge in [-0.25, -0.2) is 4.98 Å². The second kappa shape index (κ2) is 5.00. The zero-order valence-corrected chi connectivity index (χ0v) is 12.6. The van der Waals surface area contributed by atoms with Crippen molar-refractivity contribution in [3.05, 3.63) is 40.7 Å². The normalized spacial score (nSPS) is 11.4. The molecule has 0 N–H and O–H groups in total. The predicted molar refractivity (Wildman–Crippen MR) is 81.2 cm³/mol. The van der Waals surface area contributed by atoms with Gasteiger partial charge in [0.05, 0.1) is 21.5 Å². The van der Waals surface area contributed by atoms with Crippen LogP contribution in [-0.4, -0.2) is 21.1 Å². The number of hydrogen-bond donors (Lipinski definition) is 0. The SMILES string of the molecule is CC(C)c1nn(-c2nc3ccccc3s2)c(Cl)c1C=O. The van der Waals surface area contributed by atoms with Crippen LogP contribution in [0.5, 0.6) is 0 Å². The largest absolute Gasteiger partial charge is 0.298 e. The number of halogens is 1. The van der Waals surface area contributed by atoms with E-state index in [0.29, 0.717) is 21.5 Å². The van der Waals surface area contributed by atoms with Crippen LogP contribution in [0.1, 0.15) is 35.8 Å². The molecule has 102 valence electrons. The van der Waals surface area contributed by atoms with E-state index in [1.165, 1.54) is 11.3 Å². The summed E-state index contributed by atoms with van der Waals surface area (Å²) < 4.78 is 2.61. The zero-order valence-electron chi connectivity index (χ0n) is 11.0. The van der Waals surface area contributed by atoms with Crippen LogP contribution in [-0.2, 0) is 0 Å². The van der Waals surface area contributed by atoms with E-state index in [-0.39, 0.29) is 5.92 Å². The van der Waals surface area contributed by atoms with Gasteiger partial charge in [0.15, 0.2) is 6.29 Å². The van der Waals surface area contributed by atoms with Crippen molar-refractivity contribution < 1.29 is 4.79 Å². The third-order valence-electron chi connectivity index (χ3n) is 3.02. The van der Waals surface area contributed by atoms with Crippen LogP contribution < -0.4 is 0 Å². The fourth-order valence-electron chi connectivity index (χ4n) is 2.04. The highest BCUT2D eigenvalue weighted by molar-refractivity contribution is 7.20. The maximum Gasteiger partial charge on any atom is 0.212 e. The third-order valence-corrected chi connectivity index (χ3v) is 4.40. The van der Waals surface area contributed by atoms with Gasteiger partial charge in [0, 0.05) is 0 Å². The average molecular weight is 306 g/mol. The van der Waals surface area contributed by atoms with E-state index in [2.05, 4.69) is 10.1 Å². The lowest BCUT2D eigenvalue weighted by Crippen LogP contribution is -1.97. The smallest absolute Gasteiger partial charge is 0.212 e. The molecule has 0 saturated heterocycles. The van der Waals surface area contributed by atoms with Crippen LogP contribution in [0, 0.1) is 0 Å². The molecule has 0 aliphatic heterocycles. The van der Waals surface area contributed by atoms with Crippen molar-refractivity contribution in [1.82, 2.24) is 14.8 Å². The maximum absolute atomic E-state index is 11.2. The highest BCUT2D eigenvalue weighted by Gasteiger charge is 2.20. The van der Waals surface area contributed by atoms with Crippen molar-refractivity contribution in [2.24, 2.45) is 0 Å². The van der Waals surface area contributed by atoms with Crippen LogP contribution in [0.4, 0.5) is 0 Å². The van der Waals surface area contributed by atoms with Crippen LogP contribution in [0.2, 0.25) is 5.15 Å². The molecule has 0 saturated carbocycles. The molecule has 20 heavy (non-hydrogen) atoms. The summed E-state index contributed by atoms with van der Waals surface area (Å²) in [5.41, 5.74) is 2.04. The molecular formula is C14H12ClN3OS. The van der Waals surface area contributed by atoms with Gasteiger partial charge in [-0.15, -0.1) is 0 Å². The minimum Gasteiger partial charge on any atom is -0.298 e. The quantitative estimate of drug-likeness (QED) is 0.685. The number of para-hydroxylation sites is 1. The molecule has 4 nitrogen and oxygen atoms in total. The maximum atomic E-state index is 11.2. The van der Waals surface area contributed by atoms with Gasteiger partial charge in [0.1, 0.15) is 5.15 Å². The average Bonchev–Trinajstić information content (AvgIpc) is 2.98. The van der Waals surface area contributed by atoms with E-state index in [0.717, 1.165) is 16.5 Å². The molecule has 0 atom stereocenters. The van der Waals surface area contributed by atoms with Crippen LogP contribution in [0.3, 0.4) is 0 Å². The van der Waals surface area contributed by atoms with E-state index in [1.807, 2.05) is 38.1 Å². The van der Waals surface area contributed by atoms with Gasteiger partial charge in [0.2, 0.25) is 5.13 Å². The minimum atomic E-state index is 0.128. The van der Waals surface area contributed by atoms with Gasteiger partial charge < -0.3 is 0 Å². The molecular weight excluding hydrogens is 294 g/mol. The Morgan fingerprint density at radius 1 is 1.35 bits per heavy atom. The molecule has 0 bridgehead atoms. The van der Waals surface area contributed by atoms with Gasteiger partial charge in [0.25, 0.3) is 0 Å². The van der Waals surface area contributed by atoms with Crippen molar-refractivity contribution >= 4 is 39.4 Å². The molecule has 0 aliphatic rings. The lowest BCUT2D eigenvalue weighted by molar-refractivity contribution is 0.112. The monoisotopic (exact) mass is 305 g/mol. The summed E-state index contributed by atoms with van der Waals surface area (Å²) in [6, 6.07) is 7.84. The van der Waals surface area contributed by atoms with Gasteiger partial charge in [-0.05, 0) is 18.1 Å². The molecule has 0 amide bonds. The number of rotatable bonds is 3. The summed E-state index contributed by atoms with van der Waals surface area (Å²) in [5, 5.41) is 5.44. The lowest BCUT2D eigenvalue weighted by Gasteiger charge is -1.98. The summed E-state index contributed by atoms with van der Waals surface area (Å²) in [7, 11) is 0. The molecule has 0 aliphatic carbocycles. The van der Waals surface area contributed by atoms with Crippen molar-refractivity contribution in [2.75, 3.05) is 0 Å². The molecule has 0 spiro atoms. The minimum absolute atomic E-state index is 0.128. The van der Waals surface area contributed by atoms with E-state index >= 15 is 0 Å². The molecule has 6 heteroatoms. The van der Waals surface area contributed by atoms with Gasteiger partial charge in [-0.1, -0.05) is 48.9 Å². The predicted octanol–water partition coefficient (Wildman–Crippen LogP) is 4.07. The first-order valence-electron chi connectivity index (χ1n) is 6.21. The van der Waals surface area contributed by atoms with E-state index in [4.69, 9.17) is 11.6 Å². The third kappa shape index (κ3) is 2.03. The second-order valence-electron chi connectivity index (χ2n) is 4.74. The summed E-state index contributed by atoms with van der Waals surface area (Å²) in [6.45, 7) is 3.96. The molecule has 0 radical (unpaired) electrons. The molecule has 1 aromatic carbocycles. The Bertz CT molecular complexity index is 758. The topological polar surface area (TPSA) is 47.8 Å². The van der Waals surface area contributed by atoms with Crippen molar-refractivity contribution in [1.29, 1.82) is 0 Å². The van der Waals surface area contributed by atoms with Gasteiger partial charge in [-0.3, -0.25) is 4.79 Å². The number of nitrogens with zero attached hydrogens (tertiary/aromatic N) is 3. The number of fused-ring (bicyclic) bond motifs is 1. The van der Waals surface area contributed by atoms with Crippen LogP contribution in [0.25, 0.3) is 15.3 Å².